The molecule has 0 fully saturated rings. The third kappa shape index (κ3) is 4.06. The summed E-state index contributed by atoms with van der Waals surface area (Å²) in [5.41, 5.74) is 0.0913. The van der Waals surface area contributed by atoms with Crippen LogP contribution in [0.3, 0.4) is 0 Å². The van der Waals surface area contributed by atoms with Crippen LogP contribution in [-0.2, 0) is 16.1 Å². The van der Waals surface area contributed by atoms with Crippen molar-refractivity contribution in [2.75, 3.05) is 13.7 Å². The summed E-state index contributed by atoms with van der Waals surface area (Å²) in [6.07, 6.45) is 0.655. The van der Waals surface area contributed by atoms with Crippen LogP contribution in [0.25, 0.3) is 0 Å². The molecule has 1 aromatic rings. The van der Waals surface area contributed by atoms with Crippen molar-refractivity contribution >= 4 is 11.9 Å². The number of carboxylic acids is 1. The zero-order valence-electron chi connectivity index (χ0n) is 11.3. The molecule has 0 aliphatic rings. The van der Waals surface area contributed by atoms with Crippen molar-refractivity contribution in [1.29, 1.82) is 0 Å². The van der Waals surface area contributed by atoms with Gasteiger partial charge in [-0.25, -0.2) is 0 Å². The van der Waals surface area contributed by atoms with Gasteiger partial charge >= 0.3 is 5.97 Å². The normalized spacial score (nSPS) is 12.2. The zero-order chi connectivity index (χ0) is 14.4. The molecule has 1 aromatic heterocycles. The van der Waals surface area contributed by atoms with E-state index < -0.39 is 11.9 Å². The van der Waals surface area contributed by atoms with Crippen molar-refractivity contribution in [2.24, 2.45) is 0 Å². The molecule has 0 saturated heterocycles. The standard InChI is InChI=1S/C12H18N2O5/c1-4-8(2)14(6-11(15)16)12(17)10-5-9(7-18-3)19-13-10/h5,8H,4,6-7H2,1-3H3,(H,15,16). The van der Waals surface area contributed by atoms with E-state index in [4.69, 9.17) is 14.4 Å². The topological polar surface area (TPSA) is 92.9 Å². The predicted octanol–water partition coefficient (Wildman–Crippen LogP) is 1.15. The van der Waals surface area contributed by atoms with Gasteiger partial charge in [-0.3, -0.25) is 9.59 Å². The Balaban J connectivity index is 2.87. The number of rotatable bonds is 7. The van der Waals surface area contributed by atoms with Gasteiger partial charge in [-0.2, -0.15) is 0 Å². The Morgan fingerprint density at radius 1 is 1.58 bits per heavy atom. The molecule has 106 valence electrons. The Morgan fingerprint density at radius 3 is 2.79 bits per heavy atom. The highest BCUT2D eigenvalue weighted by Crippen LogP contribution is 2.12. The fourth-order valence-corrected chi connectivity index (χ4v) is 1.57. The first-order valence-electron chi connectivity index (χ1n) is 5.96. The molecule has 1 unspecified atom stereocenters. The number of amides is 1. The summed E-state index contributed by atoms with van der Waals surface area (Å²) in [6, 6.07) is 1.27. The van der Waals surface area contributed by atoms with Crippen molar-refractivity contribution in [3.05, 3.63) is 17.5 Å². The lowest BCUT2D eigenvalue weighted by Crippen LogP contribution is -2.42. The van der Waals surface area contributed by atoms with Crippen LogP contribution < -0.4 is 0 Å². The van der Waals surface area contributed by atoms with Crippen LogP contribution in [0.15, 0.2) is 10.6 Å². The predicted molar refractivity (Wildman–Crippen MR) is 65.6 cm³/mol. The first-order chi connectivity index (χ1) is 8.99. The summed E-state index contributed by atoms with van der Waals surface area (Å²) in [5, 5.41) is 12.5. The molecule has 1 atom stereocenters. The molecule has 1 heterocycles. The van der Waals surface area contributed by atoms with Crippen molar-refractivity contribution in [3.63, 3.8) is 0 Å². The highest BCUT2D eigenvalue weighted by molar-refractivity contribution is 5.94. The lowest BCUT2D eigenvalue weighted by atomic mass is 10.2. The molecule has 1 N–H and O–H groups in total. The maximum Gasteiger partial charge on any atom is 0.323 e. The minimum atomic E-state index is -1.06. The second-order valence-electron chi connectivity index (χ2n) is 4.20. The number of aromatic nitrogens is 1. The van der Waals surface area contributed by atoms with Gasteiger partial charge in [-0.15, -0.1) is 0 Å². The molecule has 7 heteroatoms. The largest absolute Gasteiger partial charge is 0.480 e. The maximum atomic E-state index is 12.2. The van der Waals surface area contributed by atoms with Gasteiger partial charge in [-0.05, 0) is 13.3 Å². The summed E-state index contributed by atoms with van der Waals surface area (Å²) in [5.74, 6) is -1.10. The summed E-state index contributed by atoms with van der Waals surface area (Å²) in [7, 11) is 1.50. The first kappa shape index (κ1) is 15.2. The van der Waals surface area contributed by atoms with E-state index in [0.717, 1.165) is 0 Å². The molecule has 0 bridgehead atoms. The molecule has 0 aliphatic heterocycles. The third-order valence-electron chi connectivity index (χ3n) is 2.75. The van der Waals surface area contributed by atoms with E-state index in [9.17, 15) is 9.59 Å². The number of carbonyl (C=O) groups excluding carboxylic acids is 1. The number of methoxy groups -OCH3 is 1. The van der Waals surface area contributed by atoms with Crippen LogP contribution in [0.5, 0.6) is 0 Å². The number of carboxylic acid groups (broad SMARTS) is 1. The van der Waals surface area contributed by atoms with Crippen molar-refractivity contribution < 1.29 is 24.0 Å². The second kappa shape index (κ2) is 6.89. The van der Waals surface area contributed by atoms with Gasteiger partial charge in [0, 0.05) is 19.2 Å². The molecular formula is C12H18N2O5. The molecule has 7 nitrogen and oxygen atoms in total. The molecule has 0 aromatic carbocycles. The molecule has 0 spiro atoms. The van der Waals surface area contributed by atoms with E-state index in [1.165, 1.54) is 18.1 Å². The van der Waals surface area contributed by atoms with Gasteiger partial charge in [0.15, 0.2) is 11.5 Å². The van der Waals surface area contributed by atoms with Crippen LogP contribution in [0.4, 0.5) is 0 Å². The molecule has 0 aliphatic carbocycles. The number of nitrogens with zero attached hydrogens (tertiary/aromatic N) is 2. The third-order valence-corrected chi connectivity index (χ3v) is 2.75. The number of ether oxygens (including phenoxy) is 1. The Bertz CT molecular complexity index is 443. The van der Waals surface area contributed by atoms with Gasteiger partial charge in [-0.1, -0.05) is 12.1 Å². The second-order valence-corrected chi connectivity index (χ2v) is 4.20. The van der Waals surface area contributed by atoms with Crippen molar-refractivity contribution in [1.82, 2.24) is 10.1 Å². The SMILES string of the molecule is CCC(C)N(CC(=O)O)C(=O)c1cc(COC)on1. The van der Waals surface area contributed by atoms with Gasteiger partial charge in [0.25, 0.3) is 5.91 Å². The van der Waals surface area contributed by atoms with Crippen molar-refractivity contribution in [2.45, 2.75) is 32.9 Å². The minimum absolute atomic E-state index is 0.0913. The first-order valence-corrected chi connectivity index (χ1v) is 5.96. The zero-order valence-corrected chi connectivity index (χ0v) is 11.3. The van der Waals surface area contributed by atoms with E-state index in [-0.39, 0.29) is 24.9 Å². The summed E-state index contributed by atoms with van der Waals surface area (Å²) in [4.78, 5) is 24.3. The summed E-state index contributed by atoms with van der Waals surface area (Å²) < 4.78 is 9.79. The average molecular weight is 270 g/mol. The number of hydrogen-bond donors (Lipinski definition) is 1. The molecule has 19 heavy (non-hydrogen) atoms. The van der Waals surface area contributed by atoms with E-state index >= 15 is 0 Å². The number of hydrogen-bond acceptors (Lipinski definition) is 5. The van der Waals surface area contributed by atoms with Gasteiger partial charge in [0.05, 0.1) is 0 Å². The van der Waals surface area contributed by atoms with E-state index in [2.05, 4.69) is 5.16 Å². The molecule has 1 amide bonds. The van der Waals surface area contributed by atoms with E-state index in [0.29, 0.717) is 12.2 Å². The average Bonchev–Trinajstić information content (AvgIpc) is 2.83. The quantitative estimate of drug-likeness (QED) is 0.798. The molecule has 0 saturated carbocycles. The fourth-order valence-electron chi connectivity index (χ4n) is 1.57. The lowest BCUT2D eigenvalue weighted by molar-refractivity contribution is -0.138. The highest BCUT2D eigenvalue weighted by Gasteiger charge is 2.25. The van der Waals surface area contributed by atoms with Crippen LogP contribution >= 0.6 is 0 Å². The molecule has 1 rings (SSSR count). The van der Waals surface area contributed by atoms with Crippen LogP contribution in [0.2, 0.25) is 0 Å². The van der Waals surface area contributed by atoms with E-state index in [1.54, 1.807) is 6.92 Å². The van der Waals surface area contributed by atoms with Crippen molar-refractivity contribution in [3.8, 4) is 0 Å². The maximum absolute atomic E-state index is 12.2. The minimum Gasteiger partial charge on any atom is -0.480 e. The lowest BCUT2D eigenvalue weighted by Gasteiger charge is -2.25. The fraction of sp³-hybridized carbons (Fsp3) is 0.583. The van der Waals surface area contributed by atoms with Gasteiger partial charge in [0.2, 0.25) is 0 Å². The van der Waals surface area contributed by atoms with Gasteiger partial charge in [0.1, 0.15) is 13.2 Å². The Hall–Kier alpha value is -1.89. The number of carbonyl (C=O) groups is 2. The van der Waals surface area contributed by atoms with Crippen LogP contribution in [0.1, 0.15) is 36.5 Å². The highest BCUT2D eigenvalue weighted by atomic mass is 16.5. The Kier molecular flexibility index (Phi) is 5.50. The molecule has 0 radical (unpaired) electrons. The summed E-state index contributed by atoms with van der Waals surface area (Å²) in [6.45, 7) is 3.52. The Morgan fingerprint density at radius 2 is 2.26 bits per heavy atom. The molecular weight excluding hydrogens is 252 g/mol. The van der Waals surface area contributed by atoms with E-state index in [1.807, 2.05) is 6.92 Å². The number of aliphatic carboxylic acids is 1. The van der Waals surface area contributed by atoms with Gasteiger partial charge < -0.3 is 19.3 Å². The Labute approximate surface area is 111 Å². The monoisotopic (exact) mass is 270 g/mol. The summed E-state index contributed by atoms with van der Waals surface area (Å²) >= 11 is 0. The smallest absolute Gasteiger partial charge is 0.323 e. The van der Waals surface area contributed by atoms with Crippen LogP contribution in [-0.4, -0.2) is 46.7 Å². The van der Waals surface area contributed by atoms with Crippen LogP contribution in [0, 0.1) is 0 Å².